The van der Waals surface area contributed by atoms with Gasteiger partial charge < -0.3 is 0 Å². The van der Waals surface area contributed by atoms with E-state index in [0.717, 1.165) is 16.8 Å². The number of benzene rings is 1. The molecule has 0 amide bonds. The third kappa shape index (κ3) is 2.72. The first-order valence-electron chi connectivity index (χ1n) is 7.50. The van der Waals surface area contributed by atoms with E-state index in [2.05, 4.69) is 25.6 Å². The molecule has 0 unspecified atom stereocenters. The minimum absolute atomic E-state index is 0.639. The maximum absolute atomic E-state index is 4.42. The van der Waals surface area contributed by atoms with E-state index in [9.17, 15) is 0 Å². The topological polar surface area (TPSA) is 65.8 Å². The lowest BCUT2D eigenvalue weighted by Gasteiger charge is -2.29. The summed E-state index contributed by atoms with van der Waals surface area (Å²) < 4.78 is 0. The van der Waals surface area contributed by atoms with Crippen molar-refractivity contribution in [2.75, 3.05) is 5.01 Å². The van der Waals surface area contributed by atoms with Crippen molar-refractivity contribution in [3.8, 4) is 0 Å². The number of pyridine rings is 2. The number of para-hydroxylation sites is 1. The Morgan fingerprint density at radius 3 is 2.08 bits per heavy atom. The molecule has 0 atom stereocenters. The molecule has 1 aromatic carbocycles. The molecule has 0 aliphatic carbocycles. The molecule has 3 heterocycles. The van der Waals surface area contributed by atoms with E-state index in [4.69, 9.17) is 0 Å². The Labute approximate surface area is 139 Å². The van der Waals surface area contributed by atoms with Crippen molar-refractivity contribution >= 4 is 17.4 Å². The van der Waals surface area contributed by atoms with E-state index >= 15 is 0 Å². The molecule has 1 N–H and O–H groups in total. The largest absolute Gasteiger partial charge is 0.273 e. The Hall–Kier alpha value is -3.54. The van der Waals surface area contributed by atoms with Crippen molar-refractivity contribution in [1.82, 2.24) is 15.4 Å². The van der Waals surface area contributed by atoms with Gasteiger partial charge in [0.1, 0.15) is 0 Å². The molecule has 0 radical (unpaired) electrons. The van der Waals surface area contributed by atoms with Crippen LogP contribution in [0.5, 0.6) is 0 Å². The van der Waals surface area contributed by atoms with Crippen LogP contribution in [0, 0.1) is 0 Å². The molecule has 6 nitrogen and oxygen atoms in total. The highest BCUT2D eigenvalue weighted by Gasteiger charge is 2.22. The molecule has 1 aliphatic rings. The minimum Gasteiger partial charge on any atom is -0.273 e. The number of aromatic nitrogens is 2. The summed E-state index contributed by atoms with van der Waals surface area (Å²) in [5, 5.41) is 10.6. The number of hydrogen-bond acceptors (Lipinski definition) is 6. The van der Waals surface area contributed by atoms with Crippen LogP contribution in [0.25, 0.3) is 0 Å². The zero-order chi connectivity index (χ0) is 16.2. The minimum atomic E-state index is 0.639. The van der Waals surface area contributed by atoms with Crippen LogP contribution in [0.4, 0.5) is 5.69 Å². The number of hydrazine groups is 1. The first-order chi connectivity index (χ1) is 11.9. The van der Waals surface area contributed by atoms with Crippen LogP contribution in [0.1, 0.15) is 11.1 Å². The number of hydrogen-bond donors (Lipinski definition) is 1. The number of amidine groups is 2. The van der Waals surface area contributed by atoms with E-state index in [0.29, 0.717) is 11.7 Å². The van der Waals surface area contributed by atoms with Crippen molar-refractivity contribution in [2.45, 2.75) is 0 Å². The fourth-order valence-corrected chi connectivity index (χ4v) is 2.39. The predicted octanol–water partition coefficient (Wildman–Crippen LogP) is 2.61. The Morgan fingerprint density at radius 1 is 0.708 bits per heavy atom. The smallest absolute Gasteiger partial charge is 0.183 e. The second-order valence-electron chi connectivity index (χ2n) is 5.14. The van der Waals surface area contributed by atoms with Crippen molar-refractivity contribution in [3.05, 3.63) is 90.5 Å². The Balaban J connectivity index is 1.79. The number of anilines is 1. The lowest BCUT2D eigenvalue weighted by atomic mass is 10.2. The molecule has 0 spiro atoms. The van der Waals surface area contributed by atoms with Gasteiger partial charge in [-0.25, -0.2) is 5.01 Å². The highest BCUT2D eigenvalue weighted by molar-refractivity contribution is 6.14. The van der Waals surface area contributed by atoms with Gasteiger partial charge in [0.05, 0.1) is 5.69 Å². The van der Waals surface area contributed by atoms with E-state index in [1.165, 1.54) is 0 Å². The second-order valence-corrected chi connectivity index (χ2v) is 5.14. The molecule has 116 valence electrons. The van der Waals surface area contributed by atoms with Gasteiger partial charge in [0.2, 0.25) is 0 Å². The summed E-state index contributed by atoms with van der Waals surface area (Å²) in [5.41, 5.74) is 6.02. The summed E-state index contributed by atoms with van der Waals surface area (Å²) in [7, 11) is 0. The van der Waals surface area contributed by atoms with Crippen molar-refractivity contribution < 1.29 is 0 Å². The first kappa shape index (κ1) is 14.1. The first-order valence-corrected chi connectivity index (χ1v) is 7.50. The number of rotatable bonds is 3. The van der Waals surface area contributed by atoms with Gasteiger partial charge >= 0.3 is 0 Å². The standard InChI is InChI=1S/C18H14N6/c1-2-8-16(9-3-1)24-18(15-7-5-11-20-13-15)22-21-17(23-24)14-6-4-10-19-12-14/h1-13H,(H,21,23). The maximum atomic E-state index is 4.42. The monoisotopic (exact) mass is 314 g/mol. The van der Waals surface area contributed by atoms with Crippen LogP contribution in [-0.4, -0.2) is 21.6 Å². The Kier molecular flexibility index (Phi) is 3.69. The van der Waals surface area contributed by atoms with Crippen molar-refractivity contribution in [2.24, 2.45) is 10.2 Å². The summed E-state index contributed by atoms with van der Waals surface area (Å²) in [5.74, 6) is 1.32. The van der Waals surface area contributed by atoms with E-state index in [1.807, 2.05) is 59.6 Å². The highest BCUT2D eigenvalue weighted by atomic mass is 15.6. The summed E-state index contributed by atoms with van der Waals surface area (Å²) in [4.78, 5) is 8.31. The van der Waals surface area contributed by atoms with Gasteiger partial charge in [-0.3, -0.25) is 15.4 Å². The zero-order valence-electron chi connectivity index (χ0n) is 12.7. The molecule has 6 heteroatoms. The number of nitrogens with one attached hydrogen (secondary N) is 1. The third-order valence-electron chi connectivity index (χ3n) is 3.54. The molecule has 4 rings (SSSR count). The van der Waals surface area contributed by atoms with Gasteiger partial charge in [0.25, 0.3) is 0 Å². The van der Waals surface area contributed by atoms with Gasteiger partial charge in [0.15, 0.2) is 11.7 Å². The molecule has 2 aromatic heterocycles. The van der Waals surface area contributed by atoms with Crippen LogP contribution >= 0.6 is 0 Å². The third-order valence-corrected chi connectivity index (χ3v) is 3.54. The fourth-order valence-electron chi connectivity index (χ4n) is 2.39. The van der Waals surface area contributed by atoms with Crippen molar-refractivity contribution in [1.29, 1.82) is 0 Å². The summed E-state index contributed by atoms with van der Waals surface area (Å²) in [6.07, 6.45) is 6.98. The van der Waals surface area contributed by atoms with Gasteiger partial charge in [0, 0.05) is 35.9 Å². The summed E-state index contributed by atoms with van der Waals surface area (Å²) >= 11 is 0. The van der Waals surface area contributed by atoms with Crippen LogP contribution in [0.15, 0.2) is 89.6 Å². The quantitative estimate of drug-likeness (QED) is 0.807. The van der Waals surface area contributed by atoms with E-state index < -0.39 is 0 Å². The average Bonchev–Trinajstić information content (AvgIpc) is 2.69. The molecule has 0 bridgehead atoms. The second kappa shape index (κ2) is 6.29. The average molecular weight is 314 g/mol. The molecule has 0 fully saturated rings. The summed E-state index contributed by atoms with van der Waals surface area (Å²) in [6.45, 7) is 0. The van der Waals surface area contributed by atoms with Crippen LogP contribution in [0.3, 0.4) is 0 Å². The molecular weight excluding hydrogens is 300 g/mol. The molecule has 0 saturated carbocycles. The van der Waals surface area contributed by atoms with Gasteiger partial charge in [-0.15, -0.1) is 10.2 Å². The zero-order valence-corrected chi connectivity index (χ0v) is 12.7. The van der Waals surface area contributed by atoms with Crippen molar-refractivity contribution in [3.63, 3.8) is 0 Å². The normalized spacial score (nSPS) is 13.8. The fraction of sp³-hybridized carbons (Fsp3) is 0. The Morgan fingerprint density at radius 2 is 1.42 bits per heavy atom. The summed E-state index contributed by atoms with van der Waals surface area (Å²) in [6, 6.07) is 17.6. The predicted molar refractivity (Wildman–Crippen MR) is 93.6 cm³/mol. The number of nitrogens with zero attached hydrogens (tertiary/aromatic N) is 5. The molecular formula is C18H14N6. The molecule has 24 heavy (non-hydrogen) atoms. The van der Waals surface area contributed by atoms with Crippen LogP contribution in [0.2, 0.25) is 0 Å². The van der Waals surface area contributed by atoms with Crippen LogP contribution < -0.4 is 10.4 Å². The Bertz CT molecular complexity index is 875. The molecule has 1 aliphatic heterocycles. The molecule has 3 aromatic rings. The van der Waals surface area contributed by atoms with Gasteiger partial charge in [-0.05, 0) is 36.4 Å². The lowest BCUT2D eigenvalue weighted by Crippen LogP contribution is -2.49. The van der Waals surface area contributed by atoms with Crippen LogP contribution in [-0.2, 0) is 0 Å². The van der Waals surface area contributed by atoms with Gasteiger partial charge in [-0.1, -0.05) is 18.2 Å². The SMILES string of the molecule is c1ccc(N2NC(c3cccnc3)=NN=C2c2cccnc2)cc1. The molecule has 0 saturated heterocycles. The van der Waals surface area contributed by atoms with Gasteiger partial charge in [-0.2, -0.15) is 0 Å². The maximum Gasteiger partial charge on any atom is 0.183 e. The van der Waals surface area contributed by atoms with E-state index in [-0.39, 0.29) is 0 Å². The van der Waals surface area contributed by atoms with E-state index in [1.54, 1.807) is 24.8 Å². The lowest BCUT2D eigenvalue weighted by molar-refractivity contribution is 0.908. The highest BCUT2D eigenvalue weighted by Crippen LogP contribution is 2.18.